The normalized spacial score (nSPS) is 12.7. The van der Waals surface area contributed by atoms with Crippen LogP contribution in [0, 0.1) is 6.92 Å². The molecule has 228 valence electrons. The van der Waals surface area contributed by atoms with Crippen LogP contribution >= 0.6 is 0 Å². The Kier molecular flexibility index (Phi) is 23.0. The topological polar surface area (TPSA) is 81.4 Å². The maximum atomic E-state index is 12.9. The van der Waals surface area contributed by atoms with Gasteiger partial charge in [0.15, 0.2) is 0 Å². The van der Waals surface area contributed by atoms with E-state index < -0.39 is 10.1 Å². The van der Waals surface area contributed by atoms with E-state index in [9.17, 15) is 8.42 Å². The summed E-state index contributed by atoms with van der Waals surface area (Å²) in [5, 5.41) is 0. The molecule has 0 bridgehead atoms. The van der Waals surface area contributed by atoms with Crippen LogP contribution in [0.4, 0.5) is 0 Å². The van der Waals surface area contributed by atoms with Crippen LogP contribution in [0.1, 0.15) is 160 Å². The van der Waals surface area contributed by atoms with E-state index in [2.05, 4.69) is 12.3 Å². The van der Waals surface area contributed by atoms with Crippen LogP contribution < -0.4 is 11.3 Å². The van der Waals surface area contributed by atoms with E-state index in [1.807, 2.05) is 19.1 Å². The Labute approximate surface area is 242 Å². The van der Waals surface area contributed by atoms with Crippen LogP contribution in [0.15, 0.2) is 29.2 Å². The van der Waals surface area contributed by atoms with E-state index in [1.165, 1.54) is 116 Å². The summed E-state index contributed by atoms with van der Waals surface area (Å²) < 4.78 is 31.7. The van der Waals surface area contributed by atoms with Gasteiger partial charge in [-0.3, -0.25) is 15.5 Å². The molecular weight excluding hydrogens is 504 g/mol. The van der Waals surface area contributed by atoms with Gasteiger partial charge in [-0.05, 0) is 38.3 Å². The van der Waals surface area contributed by atoms with Crippen molar-refractivity contribution < 1.29 is 12.6 Å². The summed E-state index contributed by atoms with van der Waals surface area (Å²) in [6, 6.07) is 7.01. The minimum absolute atomic E-state index is 0.207. The van der Waals surface area contributed by atoms with Crippen molar-refractivity contribution in [1.82, 2.24) is 5.43 Å². The highest BCUT2D eigenvalue weighted by Gasteiger charge is 2.21. The fraction of sp³-hybridized carbons (Fsp3) is 0.818. The number of benzene rings is 1. The van der Waals surface area contributed by atoms with Crippen LogP contribution in [0.25, 0.3) is 0 Å². The molecule has 0 aromatic heterocycles. The highest BCUT2D eigenvalue weighted by Crippen LogP contribution is 2.22. The minimum Gasteiger partial charge on any atom is -0.271 e. The Morgan fingerprint density at radius 2 is 1.03 bits per heavy atom. The zero-order chi connectivity index (χ0) is 28.4. The predicted octanol–water partition coefficient (Wildman–Crippen LogP) is 9.52. The summed E-state index contributed by atoms with van der Waals surface area (Å²) in [7, 11) is -3.71. The predicted molar refractivity (Wildman–Crippen MR) is 167 cm³/mol. The molecule has 0 saturated carbocycles. The molecule has 39 heavy (non-hydrogen) atoms. The van der Waals surface area contributed by atoms with Gasteiger partial charge in [0.2, 0.25) is 0 Å². The monoisotopic (exact) mass is 566 g/mol. The lowest BCUT2D eigenvalue weighted by molar-refractivity contribution is 0.180. The van der Waals surface area contributed by atoms with Crippen molar-refractivity contribution in [2.75, 3.05) is 6.54 Å². The molecule has 0 fully saturated rings. The molecule has 6 heteroatoms. The van der Waals surface area contributed by atoms with Gasteiger partial charge >= 0.3 is 0 Å². The number of hydrazine groups is 1. The molecule has 0 saturated heterocycles. The van der Waals surface area contributed by atoms with Crippen LogP contribution in [-0.2, 0) is 14.3 Å². The van der Waals surface area contributed by atoms with Gasteiger partial charge in [0, 0.05) is 6.54 Å². The quantitative estimate of drug-likeness (QED) is 0.0457. The van der Waals surface area contributed by atoms with Gasteiger partial charge < -0.3 is 0 Å². The number of nitrogens with two attached hydrogens (primary N) is 1. The van der Waals surface area contributed by atoms with E-state index in [4.69, 9.17) is 10.0 Å². The van der Waals surface area contributed by atoms with Crippen molar-refractivity contribution in [1.29, 1.82) is 0 Å². The van der Waals surface area contributed by atoms with Crippen LogP contribution in [0.3, 0.4) is 0 Å². The van der Waals surface area contributed by atoms with Gasteiger partial charge in [0.05, 0.1) is 11.0 Å². The number of rotatable bonds is 28. The highest BCUT2D eigenvalue weighted by atomic mass is 32.2. The van der Waals surface area contributed by atoms with Crippen LogP contribution in [0.5, 0.6) is 0 Å². The van der Waals surface area contributed by atoms with Gasteiger partial charge in [-0.2, -0.15) is 8.42 Å². The summed E-state index contributed by atoms with van der Waals surface area (Å²) in [6.45, 7) is 5.15. The lowest BCUT2D eigenvalue weighted by Crippen LogP contribution is -2.22. The van der Waals surface area contributed by atoms with E-state index in [0.717, 1.165) is 44.2 Å². The molecule has 1 rings (SSSR count). The van der Waals surface area contributed by atoms with E-state index in [-0.39, 0.29) is 11.0 Å². The summed E-state index contributed by atoms with van der Waals surface area (Å²) in [6.07, 6.45) is 28.1. The molecule has 0 amide bonds. The first-order chi connectivity index (χ1) is 19.0. The molecule has 3 N–H and O–H groups in total. The summed E-state index contributed by atoms with van der Waals surface area (Å²) >= 11 is 0. The van der Waals surface area contributed by atoms with E-state index in [0.29, 0.717) is 0 Å². The van der Waals surface area contributed by atoms with Crippen molar-refractivity contribution in [2.45, 2.75) is 173 Å². The number of aryl methyl sites for hydroxylation is 1. The third-order valence-corrected chi connectivity index (χ3v) is 9.17. The second kappa shape index (κ2) is 24.8. The first kappa shape index (κ1) is 36.1. The largest absolute Gasteiger partial charge is 0.297 e. The Morgan fingerprint density at radius 1 is 0.641 bits per heavy atom. The molecule has 0 radical (unpaired) electrons. The third kappa shape index (κ3) is 20.6. The first-order valence-corrected chi connectivity index (χ1v) is 17.8. The molecule has 0 heterocycles. The van der Waals surface area contributed by atoms with Gasteiger partial charge in [0.1, 0.15) is 0 Å². The maximum Gasteiger partial charge on any atom is 0.297 e. The van der Waals surface area contributed by atoms with Crippen molar-refractivity contribution in [3.63, 3.8) is 0 Å². The van der Waals surface area contributed by atoms with Crippen molar-refractivity contribution >= 4 is 10.1 Å². The first-order valence-electron chi connectivity index (χ1n) is 16.4. The lowest BCUT2D eigenvalue weighted by atomic mass is 10.0. The fourth-order valence-electron chi connectivity index (χ4n) is 5.23. The molecule has 0 aliphatic heterocycles. The van der Waals surface area contributed by atoms with Crippen LogP contribution in [0.2, 0.25) is 0 Å². The second-order valence-corrected chi connectivity index (χ2v) is 13.2. The Balaban J connectivity index is 2.28. The fourth-order valence-corrected chi connectivity index (χ4v) is 6.36. The Hall–Kier alpha value is -0.950. The zero-order valence-electron chi connectivity index (χ0n) is 25.6. The zero-order valence-corrected chi connectivity index (χ0v) is 26.4. The number of hydrogen-bond acceptors (Lipinski definition) is 5. The molecule has 5 nitrogen and oxygen atoms in total. The number of nitrogens with one attached hydrogen (secondary N) is 1. The maximum absolute atomic E-state index is 12.9. The van der Waals surface area contributed by atoms with Crippen LogP contribution in [-0.4, -0.2) is 21.1 Å². The second-order valence-electron chi connectivity index (χ2n) is 11.6. The Bertz CT molecular complexity index is 768. The summed E-state index contributed by atoms with van der Waals surface area (Å²) in [5.74, 6) is 5.30. The van der Waals surface area contributed by atoms with Gasteiger partial charge in [-0.15, -0.1) is 0 Å². The van der Waals surface area contributed by atoms with E-state index in [1.54, 1.807) is 12.1 Å². The summed E-state index contributed by atoms with van der Waals surface area (Å²) in [4.78, 5) is 0.276. The van der Waals surface area contributed by atoms with Crippen molar-refractivity contribution in [3.05, 3.63) is 29.8 Å². The molecule has 1 unspecified atom stereocenters. The van der Waals surface area contributed by atoms with E-state index >= 15 is 0 Å². The van der Waals surface area contributed by atoms with Gasteiger partial charge in [0.25, 0.3) is 10.1 Å². The molecule has 0 aliphatic rings. The van der Waals surface area contributed by atoms with Gasteiger partial charge in [-0.25, -0.2) is 0 Å². The average molecular weight is 567 g/mol. The standard InChI is InChI=1S/C33H62N2O3S/c1-3-4-5-6-7-12-15-18-21-24-32(38-39(36,37)33-28-26-31(2)27-29-33)25-22-19-16-13-10-8-9-11-14-17-20-23-30-35-34/h26-29,32,35H,3-25,30,34H2,1-2H3. The lowest BCUT2D eigenvalue weighted by Gasteiger charge is -2.18. The number of unbranched alkanes of at least 4 members (excludes halogenated alkanes) is 19. The smallest absolute Gasteiger partial charge is 0.271 e. The molecule has 1 aromatic carbocycles. The van der Waals surface area contributed by atoms with Crippen molar-refractivity contribution in [2.24, 2.45) is 5.84 Å². The van der Waals surface area contributed by atoms with Crippen molar-refractivity contribution in [3.8, 4) is 0 Å². The third-order valence-electron chi connectivity index (χ3n) is 7.80. The summed E-state index contributed by atoms with van der Waals surface area (Å²) in [5.41, 5.74) is 3.77. The molecule has 1 aromatic rings. The molecule has 0 aliphatic carbocycles. The van der Waals surface area contributed by atoms with Gasteiger partial charge in [-0.1, -0.05) is 153 Å². The highest BCUT2D eigenvalue weighted by molar-refractivity contribution is 7.86. The molecule has 1 atom stereocenters. The SMILES string of the molecule is CCCCCCCCCCCC(CCCCCCCCCCCCCCNN)OS(=O)(=O)c1ccc(C)cc1. The molecular formula is C33H62N2O3S. The Morgan fingerprint density at radius 3 is 1.44 bits per heavy atom. The molecule has 0 spiro atoms. The average Bonchev–Trinajstić information content (AvgIpc) is 2.92. The number of hydrogen-bond donors (Lipinski definition) is 2. The minimum atomic E-state index is -3.71.